The van der Waals surface area contributed by atoms with Crippen molar-refractivity contribution in [3.05, 3.63) is 6.42 Å². The first kappa shape index (κ1) is 4.41. The highest BCUT2D eigenvalue weighted by atomic mass is 35.5. The van der Waals surface area contributed by atoms with Crippen molar-refractivity contribution < 1.29 is 4.74 Å². The van der Waals surface area contributed by atoms with Crippen molar-refractivity contribution in [2.45, 2.75) is 12.0 Å². The van der Waals surface area contributed by atoms with Crippen LogP contribution in [-0.2, 0) is 4.74 Å². The van der Waals surface area contributed by atoms with Crippen LogP contribution in [0.3, 0.4) is 0 Å². The van der Waals surface area contributed by atoms with Gasteiger partial charge in [0.1, 0.15) is 5.56 Å². The van der Waals surface area contributed by atoms with Gasteiger partial charge in [-0.15, -0.1) is 0 Å². The Bertz CT molecular complexity index is 40.8. The van der Waals surface area contributed by atoms with Gasteiger partial charge in [-0.05, 0) is 6.42 Å². The highest BCUT2D eigenvalue weighted by Gasteiger charge is 2.10. The second kappa shape index (κ2) is 1.80. The molecular weight excluding hydrogens is 99.5 g/mol. The summed E-state index contributed by atoms with van der Waals surface area (Å²) in [7, 11) is 0. The zero-order valence-electron chi connectivity index (χ0n) is 3.36. The van der Waals surface area contributed by atoms with Gasteiger partial charge >= 0.3 is 0 Å². The van der Waals surface area contributed by atoms with Crippen molar-refractivity contribution >= 4 is 11.6 Å². The van der Waals surface area contributed by atoms with Gasteiger partial charge in [0.25, 0.3) is 0 Å². The summed E-state index contributed by atoms with van der Waals surface area (Å²) in [5.41, 5.74) is -0.106. The smallest absolute Gasteiger partial charge is 0.134 e. The molecular formula is C4H6ClO. The van der Waals surface area contributed by atoms with E-state index in [1.165, 1.54) is 0 Å². The number of hydrogen-bond donors (Lipinski definition) is 0. The molecule has 0 aliphatic carbocycles. The largest absolute Gasteiger partial charge is 0.362 e. The fourth-order valence-corrected chi connectivity index (χ4v) is 0.663. The molecule has 1 unspecified atom stereocenters. The lowest BCUT2D eigenvalue weighted by molar-refractivity contribution is 0.177. The summed E-state index contributed by atoms with van der Waals surface area (Å²) in [5.74, 6) is 0. The van der Waals surface area contributed by atoms with Gasteiger partial charge < -0.3 is 4.74 Å². The lowest BCUT2D eigenvalue weighted by Gasteiger charge is -1.91. The molecule has 1 saturated heterocycles. The van der Waals surface area contributed by atoms with Gasteiger partial charge in [0.2, 0.25) is 0 Å². The van der Waals surface area contributed by atoms with E-state index < -0.39 is 0 Å². The molecule has 1 rings (SSSR count). The van der Waals surface area contributed by atoms with Gasteiger partial charge in [-0.2, -0.15) is 0 Å². The summed E-state index contributed by atoms with van der Waals surface area (Å²) in [6.07, 6.45) is 2.95. The molecule has 1 heterocycles. The van der Waals surface area contributed by atoms with Gasteiger partial charge in [0.05, 0.1) is 0 Å². The predicted octanol–water partition coefficient (Wildman–Crippen LogP) is 1.18. The third kappa shape index (κ3) is 0.854. The molecule has 6 heavy (non-hydrogen) atoms. The number of halogens is 1. The molecule has 0 aromatic heterocycles. The van der Waals surface area contributed by atoms with Crippen LogP contribution in [0, 0.1) is 6.42 Å². The zero-order valence-corrected chi connectivity index (χ0v) is 4.11. The monoisotopic (exact) mass is 105 g/mol. The quantitative estimate of drug-likeness (QED) is 0.421. The zero-order chi connectivity index (χ0) is 4.41. The number of alkyl halides is 1. The van der Waals surface area contributed by atoms with Crippen molar-refractivity contribution in [3.8, 4) is 0 Å². The Hall–Kier alpha value is 0.250. The summed E-state index contributed by atoms with van der Waals surface area (Å²) in [4.78, 5) is 0. The number of hydrogen-bond acceptors (Lipinski definition) is 1. The summed E-state index contributed by atoms with van der Waals surface area (Å²) in [6, 6.07) is 0. The van der Waals surface area contributed by atoms with Crippen LogP contribution in [0.1, 0.15) is 6.42 Å². The summed E-state index contributed by atoms with van der Waals surface area (Å²) < 4.78 is 4.86. The predicted molar refractivity (Wildman–Crippen MR) is 24.5 cm³/mol. The average Bonchev–Trinajstić information content (AvgIpc) is 1.86. The molecule has 1 aliphatic heterocycles. The fraction of sp³-hybridized carbons (Fsp3) is 0.750. The molecule has 1 nitrogen and oxygen atoms in total. The molecule has 1 atom stereocenters. The highest BCUT2D eigenvalue weighted by Crippen LogP contribution is 2.12. The molecule has 0 amide bonds. The Morgan fingerprint density at radius 3 is 2.83 bits per heavy atom. The highest BCUT2D eigenvalue weighted by molar-refractivity contribution is 6.20. The molecule has 1 fully saturated rings. The minimum atomic E-state index is -0.106. The van der Waals surface area contributed by atoms with Crippen molar-refractivity contribution in [2.75, 3.05) is 6.61 Å². The molecule has 1 aliphatic rings. The third-order valence-corrected chi connectivity index (χ3v) is 1.05. The number of rotatable bonds is 0. The first-order valence-electron chi connectivity index (χ1n) is 1.98. The third-order valence-electron chi connectivity index (χ3n) is 0.747. The maximum absolute atomic E-state index is 5.43. The fourth-order valence-electron chi connectivity index (χ4n) is 0.448. The molecule has 1 radical (unpaired) electrons. The Morgan fingerprint density at radius 1 is 1.83 bits per heavy atom. The first-order valence-corrected chi connectivity index (χ1v) is 2.42. The summed E-state index contributed by atoms with van der Waals surface area (Å²) >= 11 is 5.43. The van der Waals surface area contributed by atoms with E-state index in [9.17, 15) is 0 Å². The van der Waals surface area contributed by atoms with Crippen molar-refractivity contribution in [1.29, 1.82) is 0 Å². The molecule has 0 aromatic carbocycles. The van der Waals surface area contributed by atoms with Crippen LogP contribution in [0.25, 0.3) is 0 Å². The van der Waals surface area contributed by atoms with E-state index in [4.69, 9.17) is 16.3 Å². The average molecular weight is 106 g/mol. The van der Waals surface area contributed by atoms with Crippen molar-refractivity contribution in [2.24, 2.45) is 0 Å². The molecule has 2 heteroatoms. The van der Waals surface area contributed by atoms with Crippen molar-refractivity contribution in [1.82, 2.24) is 0 Å². The van der Waals surface area contributed by atoms with Gasteiger partial charge in [0.15, 0.2) is 0 Å². The normalized spacial score (nSPS) is 34.5. The second-order valence-electron chi connectivity index (χ2n) is 1.25. The molecule has 0 bridgehead atoms. The van der Waals surface area contributed by atoms with Gasteiger partial charge in [-0.1, -0.05) is 11.6 Å². The lowest BCUT2D eigenvalue weighted by atomic mass is 10.4. The summed E-state index contributed by atoms with van der Waals surface area (Å²) in [5, 5.41) is 0. The van der Waals surface area contributed by atoms with E-state index in [0.717, 1.165) is 13.0 Å². The van der Waals surface area contributed by atoms with E-state index in [2.05, 4.69) is 0 Å². The van der Waals surface area contributed by atoms with Crippen LogP contribution in [-0.4, -0.2) is 12.2 Å². The van der Waals surface area contributed by atoms with Crippen LogP contribution in [0.5, 0.6) is 0 Å². The molecule has 0 N–H and O–H groups in total. The van der Waals surface area contributed by atoms with Crippen LogP contribution in [0.2, 0.25) is 0 Å². The minimum Gasteiger partial charge on any atom is -0.362 e. The van der Waals surface area contributed by atoms with E-state index in [1.807, 2.05) is 6.42 Å². The molecule has 0 saturated carbocycles. The standard InChI is InChI=1S/C4H6ClO/c5-4-2-1-3-6-4/h2,4H,1,3H2. The molecule has 0 aromatic rings. The van der Waals surface area contributed by atoms with Crippen molar-refractivity contribution in [3.63, 3.8) is 0 Å². The van der Waals surface area contributed by atoms with Crippen LogP contribution in [0.15, 0.2) is 0 Å². The maximum atomic E-state index is 5.43. The van der Waals surface area contributed by atoms with E-state index in [0.29, 0.717) is 0 Å². The maximum Gasteiger partial charge on any atom is 0.134 e. The Morgan fingerprint density at radius 2 is 2.67 bits per heavy atom. The second-order valence-corrected chi connectivity index (χ2v) is 1.68. The van der Waals surface area contributed by atoms with Crippen LogP contribution < -0.4 is 0 Å². The van der Waals surface area contributed by atoms with E-state index >= 15 is 0 Å². The Kier molecular flexibility index (Phi) is 1.33. The Balaban J connectivity index is 2.18. The minimum absolute atomic E-state index is 0.106. The van der Waals surface area contributed by atoms with E-state index in [1.54, 1.807) is 0 Å². The topological polar surface area (TPSA) is 9.23 Å². The van der Waals surface area contributed by atoms with Gasteiger partial charge in [0, 0.05) is 13.0 Å². The Labute approximate surface area is 42.2 Å². The lowest BCUT2D eigenvalue weighted by Crippen LogP contribution is -1.90. The van der Waals surface area contributed by atoms with Gasteiger partial charge in [-0.25, -0.2) is 0 Å². The van der Waals surface area contributed by atoms with Crippen LogP contribution >= 0.6 is 11.6 Å². The molecule has 35 valence electrons. The molecule has 0 spiro atoms. The first-order chi connectivity index (χ1) is 2.89. The number of ether oxygens (including phenoxy) is 1. The van der Waals surface area contributed by atoms with Crippen LogP contribution in [0.4, 0.5) is 0 Å². The van der Waals surface area contributed by atoms with E-state index in [-0.39, 0.29) is 5.56 Å². The van der Waals surface area contributed by atoms with Gasteiger partial charge in [-0.3, -0.25) is 0 Å². The SMILES string of the molecule is ClC1[CH]CCO1. The summed E-state index contributed by atoms with van der Waals surface area (Å²) in [6.45, 7) is 0.800.